The molecule has 3 rings (SSSR count). The number of carbonyl (C=O) groups is 2. The van der Waals surface area contributed by atoms with E-state index < -0.39 is 12.1 Å². The lowest BCUT2D eigenvalue weighted by Crippen LogP contribution is -2.53. The van der Waals surface area contributed by atoms with Crippen LogP contribution in [0.5, 0.6) is 0 Å². The van der Waals surface area contributed by atoms with Crippen LogP contribution in [-0.2, 0) is 9.59 Å². The Kier molecular flexibility index (Phi) is 6.82. The fraction of sp³-hybridized carbons (Fsp3) is 0.391. The molecule has 2 atom stereocenters. The second-order valence-electron chi connectivity index (χ2n) is 7.31. The predicted octanol–water partition coefficient (Wildman–Crippen LogP) is 2.66. The summed E-state index contributed by atoms with van der Waals surface area (Å²) in [6.07, 6.45) is 2.38. The van der Waals surface area contributed by atoms with Gasteiger partial charge in [0.1, 0.15) is 6.04 Å². The summed E-state index contributed by atoms with van der Waals surface area (Å²) < 4.78 is 0. The Hall–Kier alpha value is -2.66. The number of hydrogen-bond acceptors (Lipinski definition) is 3. The van der Waals surface area contributed by atoms with Crippen molar-refractivity contribution in [3.05, 3.63) is 71.8 Å². The molecule has 1 saturated heterocycles. The van der Waals surface area contributed by atoms with Crippen LogP contribution in [0.1, 0.15) is 43.2 Å². The molecule has 2 aromatic rings. The third-order valence-corrected chi connectivity index (χ3v) is 5.35. The quantitative estimate of drug-likeness (QED) is 0.777. The van der Waals surface area contributed by atoms with E-state index in [9.17, 15) is 9.59 Å². The van der Waals surface area contributed by atoms with Gasteiger partial charge in [0.05, 0.1) is 6.04 Å². The number of nitrogens with one attached hydrogen (secondary N) is 1. The number of nitrogens with zero attached hydrogens (tertiary/aromatic N) is 1. The van der Waals surface area contributed by atoms with Crippen LogP contribution in [0.15, 0.2) is 60.7 Å². The van der Waals surface area contributed by atoms with E-state index in [0.717, 1.165) is 24.0 Å². The minimum absolute atomic E-state index is 0.0733. The lowest BCUT2D eigenvalue weighted by Gasteiger charge is -2.31. The molecule has 148 valence electrons. The summed E-state index contributed by atoms with van der Waals surface area (Å²) in [5, 5.41) is 2.92. The molecule has 0 aromatic heterocycles. The Bertz CT molecular complexity index is 739. The van der Waals surface area contributed by atoms with Gasteiger partial charge < -0.3 is 16.0 Å². The summed E-state index contributed by atoms with van der Waals surface area (Å²) in [6, 6.07) is 18.6. The Balaban J connectivity index is 1.85. The van der Waals surface area contributed by atoms with Crippen LogP contribution in [0.4, 0.5) is 0 Å². The zero-order valence-electron chi connectivity index (χ0n) is 16.4. The van der Waals surface area contributed by atoms with Gasteiger partial charge in [-0.15, -0.1) is 0 Å². The molecule has 1 heterocycles. The van der Waals surface area contributed by atoms with E-state index in [1.54, 1.807) is 4.90 Å². The molecule has 0 spiro atoms. The van der Waals surface area contributed by atoms with Crippen LogP contribution in [0.3, 0.4) is 0 Å². The average molecular weight is 380 g/mol. The second kappa shape index (κ2) is 9.51. The van der Waals surface area contributed by atoms with Crippen LogP contribution in [-0.4, -0.2) is 41.9 Å². The van der Waals surface area contributed by atoms with E-state index >= 15 is 0 Å². The highest BCUT2D eigenvalue weighted by molar-refractivity contribution is 5.91. The molecule has 1 aliphatic rings. The first-order valence-electron chi connectivity index (χ1n) is 10.1. The van der Waals surface area contributed by atoms with Gasteiger partial charge in [-0.3, -0.25) is 9.59 Å². The first-order valence-corrected chi connectivity index (χ1v) is 10.1. The average Bonchev–Trinajstić information content (AvgIpc) is 3.23. The monoisotopic (exact) mass is 379 g/mol. The van der Waals surface area contributed by atoms with Gasteiger partial charge in [0.15, 0.2) is 0 Å². The molecule has 5 heteroatoms. The van der Waals surface area contributed by atoms with Crippen molar-refractivity contribution < 1.29 is 9.59 Å². The number of carbonyl (C=O) groups excluding carboxylic acids is 2. The van der Waals surface area contributed by atoms with Gasteiger partial charge in [0.2, 0.25) is 11.8 Å². The Morgan fingerprint density at radius 3 is 2.18 bits per heavy atom. The molecule has 28 heavy (non-hydrogen) atoms. The van der Waals surface area contributed by atoms with Crippen molar-refractivity contribution in [2.75, 3.05) is 13.1 Å². The summed E-state index contributed by atoms with van der Waals surface area (Å²) in [5.74, 6) is -0.488. The minimum Gasteiger partial charge on any atom is -0.354 e. The highest BCUT2D eigenvalue weighted by Gasteiger charge is 2.38. The topological polar surface area (TPSA) is 75.4 Å². The summed E-state index contributed by atoms with van der Waals surface area (Å²) in [5.41, 5.74) is 8.55. The number of rotatable bonds is 7. The van der Waals surface area contributed by atoms with E-state index in [1.807, 2.05) is 67.6 Å². The molecule has 1 unspecified atom stereocenters. The molecular weight excluding hydrogens is 350 g/mol. The standard InChI is InChI=1S/C23H29N3O2/c1-2-15-25-22(27)19-14-9-16-26(19)23(28)21(24)20(17-10-5-3-6-11-17)18-12-7-4-8-13-18/h3-8,10-13,19-21H,2,9,14-16,24H2,1H3,(H,25,27)/t19-,21?/m0/s1. The molecule has 1 fully saturated rings. The van der Waals surface area contributed by atoms with Crippen LogP contribution in [0, 0.1) is 0 Å². The van der Waals surface area contributed by atoms with Gasteiger partial charge in [-0.05, 0) is 30.4 Å². The molecule has 5 nitrogen and oxygen atoms in total. The van der Waals surface area contributed by atoms with Gasteiger partial charge >= 0.3 is 0 Å². The van der Waals surface area contributed by atoms with Crippen molar-refractivity contribution in [1.82, 2.24) is 10.2 Å². The maximum absolute atomic E-state index is 13.3. The third-order valence-electron chi connectivity index (χ3n) is 5.35. The fourth-order valence-electron chi connectivity index (χ4n) is 3.93. The van der Waals surface area contributed by atoms with E-state index in [4.69, 9.17) is 5.73 Å². The molecule has 1 aliphatic heterocycles. The molecule has 0 bridgehead atoms. The van der Waals surface area contributed by atoms with Crippen LogP contribution < -0.4 is 11.1 Å². The smallest absolute Gasteiger partial charge is 0.242 e. The van der Waals surface area contributed by atoms with Gasteiger partial charge in [-0.1, -0.05) is 67.6 Å². The molecule has 3 N–H and O–H groups in total. The normalized spacial score (nSPS) is 17.5. The van der Waals surface area contributed by atoms with Gasteiger partial charge in [-0.25, -0.2) is 0 Å². The number of hydrogen-bond donors (Lipinski definition) is 2. The number of likely N-dealkylation sites (tertiary alicyclic amines) is 1. The summed E-state index contributed by atoms with van der Waals surface area (Å²) in [6.45, 7) is 3.21. The largest absolute Gasteiger partial charge is 0.354 e. The van der Waals surface area contributed by atoms with Crippen molar-refractivity contribution in [1.29, 1.82) is 0 Å². The van der Waals surface area contributed by atoms with Crippen LogP contribution in [0.25, 0.3) is 0 Å². The van der Waals surface area contributed by atoms with Gasteiger partial charge in [0.25, 0.3) is 0 Å². The first kappa shape index (κ1) is 20.1. The molecule has 0 saturated carbocycles. The lowest BCUT2D eigenvalue weighted by atomic mass is 9.84. The minimum atomic E-state index is -0.746. The lowest BCUT2D eigenvalue weighted by molar-refractivity contribution is -0.139. The van der Waals surface area contributed by atoms with Crippen molar-refractivity contribution in [3.63, 3.8) is 0 Å². The Labute approximate surface area is 166 Å². The van der Waals surface area contributed by atoms with E-state index in [0.29, 0.717) is 19.5 Å². The highest BCUT2D eigenvalue weighted by Crippen LogP contribution is 2.29. The summed E-state index contributed by atoms with van der Waals surface area (Å²) in [7, 11) is 0. The van der Waals surface area contributed by atoms with Crippen molar-refractivity contribution in [2.24, 2.45) is 5.73 Å². The van der Waals surface area contributed by atoms with Crippen LogP contribution >= 0.6 is 0 Å². The predicted molar refractivity (Wildman–Crippen MR) is 111 cm³/mol. The Morgan fingerprint density at radius 2 is 1.64 bits per heavy atom. The zero-order valence-corrected chi connectivity index (χ0v) is 16.4. The third kappa shape index (κ3) is 4.42. The first-order chi connectivity index (χ1) is 13.6. The van der Waals surface area contributed by atoms with Crippen LogP contribution in [0.2, 0.25) is 0 Å². The number of benzene rings is 2. The van der Waals surface area contributed by atoms with Gasteiger partial charge in [-0.2, -0.15) is 0 Å². The second-order valence-corrected chi connectivity index (χ2v) is 7.31. The Morgan fingerprint density at radius 1 is 1.07 bits per heavy atom. The SMILES string of the molecule is CCCNC(=O)[C@@H]1CCCN1C(=O)C(N)C(c1ccccc1)c1ccccc1. The number of amides is 2. The zero-order chi connectivity index (χ0) is 19.9. The highest BCUT2D eigenvalue weighted by atomic mass is 16.2. The molecular formula is C23H29N3O2. The summed E-state index contributed by atoms with van der Waals surface area (Å²) >= 11 is 0. The van der Waals surface area contributed by atoms with Crippen molar-refractivity contribution >= 4 is 11.8 Å². The molecule has 0 aliphatic carbocycles. The van der Waals surface area contributed by atoms with Crippen molar-refractivity contribution in [3.8, 4) is 0 Å². The molecule has 0 radical (unpaired) electrons. The number of nitrogens with two attached hydrogens (primary N) is 1. The summed E-state index contributed by atoms with van der Waals surface area (Å²) in [4.78, 5) is 27.5. The molecule has 2 aromatic carbocycles. The van der Waals surface area contributed by atoms with E-state index in [2.05, 4.69) is 5.32 Å². The molecule has 2 amide bonds. The maximum atomic E-state index is 13.3. The maximum Gasteiger partial charge on any atom is 0.242 e. The van der Waals surface area contributed by atoms with Crippen molar-refractivity contribution in [2.45, 2.75) is 44.2 Å². The fourth-order valence-corrected chi connectivity index (χ4v) is 3.93. The van der Waals surface area contributed by atoms with E-state index in [1.165, 1.54) is 0 Å². The van der Waals surface area contributed by atoms with E-state index in [-0.39, 0.29) is 17.7 Å². The van der Waals surface area contributed by atoms with Gasteiger partial charge in [0, 0.05) is 19.0 Å².